The first-order valence-corrected chi connectivity index (χ1v) is 6.53. The van der Waals surface area contributed by atoms with Crippen LogP contribution in [-0.4, -0.2) is 4.98 Å². The molecule has 2 rings (SSSR count). The third kappa shape index (κ3) is 3.55. The highest BCUT2D eigenvalue weighted by atomic mass is 79.9. The lowest BCUT2D eigenvalue weighted by Gasteiger charge is -2.08. The van der Waals surface area contributed by atoms with Crippen LogP contribution in [0.2, 0.25) is 0 Å². The predicted molar refractivity (Wildman–Crippen MR) is 75.3 cm³/mol. The van der Waals surface area contributed by atoms with Crippen molar-refractivity contribution < 1.29 is 4.74 Å². The molecule has 0 unspecified atom stereocenters. The van der Waals surface area contributed by atoms with Gasteiger partial charge in [0.15, 0.2) is 0 Å². The summed E-state index contributed by atoms with van der Waals surface area (Å²) in [6.07, 6.45) is 1.75. The van der Waals surface area contributed by atoms with Gasteiger partial charge < -0.3 is 10.5 Å². The molecule has 0 aliphatic carbocycles. The monoisotopic (exact) mass is 306 g/mol. The molecule has 1 aromatic carbocycles. The molecular weight excluding hydrogens is 292 g/mol. The van der Waals surface area contributed by atoms with Crippen LogP contribution in [0, 0.1) is 0 Å². The van der Waals surface area contributed by atoms with Crippen LogP contribution in [-0.2, 0) is 6.61 Å². The predicted octanol–water partition coefficient (Wildman–Crippen LogP) is 3.44. The summed E-state index contributed by atoms with van der Waals surface area (Å²) in [5.74, 6) is 0.613. The molecule has 0 fully saturated rings. The van der Waals surface area contributed by atoms with Gasteiger partial charge >= 0.3 is 0 Å². The number of benzene rings is 1. The van der Waals surface area contributed by atoms with Crippen molar-refractivity contribution in [2.45, 2.75) is 19.6 Å². The molecule has 0 bridgehead atoms. The highest BCUT2D eigenvalue weighted by Gasteiger charge is 2.01. The number of nitrogens with zero attached hydrogens (tertiary/aromatic N) is 1. The van der Waals surface area contributed by atoms with Crippen LogP contribution >= 0.6 is 15.9 Å². The van der Waals surface area contributed by atoms with Crippen molar-refractivity contribution in [3.63, 3.8) is 0 Å². The Morgan fingerprint density at radius 1 is 1.22 bits per heavy atom. The van der Waals surface area contributed by atoms with E-state index < -0.39 is 0 Å². The summed E-state index contributed by atoms with van der Waals surface area (Å²) >= 11 is 3.40. The Bertz CT molecular complexity index is 494. The second kappa shape index (κ2) is 5.98. The number of pyridine rings is 1. The number of nitrogens with two attached hydrogens (primary N) is 1. The average molecular weight is 307 g/mol. The van der Waals surface area contributed by atoms with Crippen molar-refractivity contribution in [3.8, 4) is 5.88 Å². The molecule has 0 aliphatic heterocycles. The fourth-order valence-electron chi connectivity index (χ4n) is 1.48. The number of aromatic nitrogens is 1. The zero-order chi connectivity index (χ0) is 13.0. The molecule has 0 saturated heterocycles. The number of hydrogen-bond donors (Lipinski definition) is 1. The fourth-order valence-corrected chi connectivity index (χ4v) is 1.75. The molecule has 2 aromatic rings. The molecule has 1 heterocycles. The molecule has 3 nitrogen and oxygen atoms in total. The van der Waals surface area contributed by atoms with Gasteiger partial charge in [0, 0.05) is 22.8 Å². The van der Waals surface area contributed by atoms with Crippen LogP contribution in [0.25, 0.3) is 0 Å². The lowest BCUT2D eigenvalue weighted by atomic mass is 10.2. The smallest absolute Gasteiger partial charge is 0.213 e. The summed E-state index contributed by atoms with van der Waals surface area (Å²) in [7, 11) is 0. The van der Waals surface area contributed by atoms with E-state index in [0.29, 0.717) is 12.5 Å². The topological polar surface area (TPSA) is 48.1 Å². The van der Waals surface area contributed by atoms with Crippen LogP contribution in [0.4, 0.5) is 0 Å². The lowest BCUT2D eigenvalue weighted by Crippen LogP contribution is -2.05. The molecule has 18 heavy (non-hydrogen) atoms. The van der Waals surface area contributed by atoms with Crippen LogP contribution in [0.5, 0.6) is 5.88 Å². The Balaban J connectivity index is 1.95. The van der Waals surface area contributed by atoms with Gasteiger partial charge in [-0.25, -0.2) is 4.98 Å². The minimum atomic E-state index is -0.00183. The van der Waals surface area contributed by atoms with Crippen LogP contribution in [0.1, 0.15) is 24.1 Å². The maximum atomic E-state index is 5.76. The summed E-state index contributed by atoms with van der Waals surface area (Å²) in [5, 5.41) is 0. The zero-order valence-electron chi connectivity index (χ0n) is 10.1. The highest BCUT2D eigenvalue weighted by Crippen LogP contribution is 2.15. The molecular formula is C14H15BrN2O. The minimum Gasteiger partial charge on any atom is -0.473 e. The number of hydrogen-bond acceptors (Lipinski definition) is 3. The highest BCUT2D eigenvalue weighted by molar-refractivity contribution is 9.10. The van der Waals surface area contributed by atoms with E-state index in [-0.39, 0.29) is 6.04 Å². The van der Waals surface area contributed by atoms with Gasteiger partial charge in [-0.3, -0.25) is 0 Å². The quantitative estimate of drug-likeness (QED) is 0.941. The van der Waals surface area contributed by atoms with E-state index in [2.05, 4.69) is 20.9 Å². The lowest BCUT2D eigenvalue weighted by molar-refractivity contribution is 0.293. The largest absolute Gasteiger partial charge is 0.473 e. The first-order chi connectivity index (χ1) is 8.65. The number of halogens is 1. The van der Waals surface area contributed by atoms with E-state index >= 15 is 0 Å². The molecule has 1 aromatic heterocycles. The van der Waals surface area contributed by atoms with Gasteiger partial charge in [-0.15, -0.1) is 0 Å². The first kappa shape index (κ1) is 13.1. The van der Waals surface area contributed by atoms with Crippen LogP contribution in [0.3, 0.4) is 0 Å². The summed E-state index contributed by atoms with van der Waals surface area (Å²) in [5.41, 5.74) is 7.87. The van der Waals surface area contributed by atoms with E-state index in [1.54, 1.807) is 6.20 Å². The van der Waals surface area contributed by atoms with Gasteiger partial charge in [-0.05, 0) is 30.2 Å². The molecule has 0 aliphatic rings. The summed E-state index contributed by atoms with van der Waals surface area (Å²) in [4.78, 5) is 4.22. The first-order valence-electron chi connectivity index (χ1n) is 5.74. The molecule has 0 spiro atoms. The summed E-state index contributed by atoms with van der Waals surface area (Å²) in [6.45, 7) is 2.44. The average Bonchev–Trinajstić information content (AvgIpc) is 2.38. The molecule has 4 heteroatoms. The second-order valence-corrected chi connectivity index (χ2v) is 5.05. The molecule has 0 saturated carbocycles. The minimum absolute atomic E-state index is 0.00183. The van der Waals surface area contributed by atoms with Gasteiger partial charge in [-0.2, -0.15) is 0 Å². The van der Waals surface area contributed by atoms with Gasteiger partial charge in [0.1, 0.15) is 6.61 Å². The third-order valence-corrected chi connectivity index (χ3v) is 3.11. The summed E-state index contributed by atoms with van der Waals surface area (Å²) < 4.78 is 6.66. The molecule has 0 amide bonds. The number of ether oxygens (including phenoxy) is 1. The van der Waals surface area contributed by atoms with Gasteiger partial charge in [0.25, 0.3) is 0 Å². The van der Waals surface area contributed by atoms with Crippen molar-refractivity contribution in [2.24, 2.45) is 5.73 Å². The second-order valence-electron chi connectivity index (χ2n) is 4.13. The zero-order valence-corrected chi connectivity index (χ0v) is 11.7. The Labute approximate surface area is 115 Å². The van der Waals surface area contributed by atoms with E-state index in [1.807, 2.05) is 43.3 Å². The molecule has 1 atom stereocenters. The normalized spacial score (nSPS) is 12.2. The van der Waals surface area contributed by atoms with Gasteiger partial charge in [0.05, 0.1) is 0 Å². The number of rotatable bonds is 4. The Morgan fingerprint density at radius 2 is 1.94 bits per heavy atom. The van der Waals surface area contributed by atoms with Gasteiger partial charge in [-0.1, -0.05) is 34.1 Å². The Morgan fingerprint density at radius 3 is 2.50 bits per heavy atom. The van der Waals surface area contributed by atoms with E-state index in [1.165, 1.54) is 0 Å². The molecule has 94 valence electrons. The molecule has 2 N–H and O–H groups in total. The fraction of sp³-hybridized carbons (Fsp3) is 0.214. The standard InChI is InChI=1S/C14H15BrN2O/c1-10(16)12-4-7-14(17-8-12)18-9-11-2-5-13(15)6-3-11/h2-8,10H,9,16H2,1H3/t10-/m0/s1. The van der Waals surface area contributed by atoms with Crippen molar-refractivity contribution in [1.29, 1.82) is 0 Å². The summed E-state index contributed by atoms with van der Waals surface area (Å²) in [6, 6.07) is 11.8. The van der Waals surface area contributed by atoms with Crippen LogP contribution < -0.4 is 10.5 Å². The maximum absolute atomic E-state index is 5.76. The van der Waals surface area contributed by atoms with Crippen molar-refractivity contribution in [1.82, 2.24) is 4.98 Å². The van der Waals surface area contributed by atoms with Gasteiger partial charge in [0.2, 0.25) is 5.88 Å². The van der Waals surface area contributed by atoms with Crippen molar-refractivity contribution >= 4 is 15.9 Å². The van der Waals surface area contributed by atoms with E-state index in [0.717, 1.165) is 15.6 Å². The van der Waals surface area contributed by atoms with E-state index in [4.69, 9.17) is 10.5 Å². The van der Waals surface area contributed by atoms with Crippen LogP contribution in [0.15, 0.2) is 47.1 Å². The Kier molecular flexibility index (Phi) is 4.33. The SMILES string of the molecule is C[C@H](N)c1ccc(OCc2ccc(Br)cc2)nc1. The van der Waals surface area contributed by atoms with Crippen molar-refractivity contribution in [3.05, 3.63) is 58.2 Å². The van der Waals surface area contributed by atoms with Crippen molar-refractivity contribution in [2.75, 3.05) is 0 Å². The molecule has 0 radical (unpaired) electrons. The maximum Gasteiger partial charge on any atom is 0.213 e. The van der Waals surface area contributed by atoms with E-state index in [9.17, 15) is 0 Å². The third-order valence-electron chi connectivity index (χ3n) is 2.58. The Hall–Kier alpha value is -1.39.